The largest absolute Gasteiger partial charge is 0.497 e. The van der Waals surface area contributed by atoms with Gasteiger partial charge in [0, 0.05) is 0 Å². The molecular weight excluding hydrogens is 504 g/mol. The molecule has 0 saturated heterocycles. The van der Waals surface area contributed by atoms with Crippen molar-refractivity contribution in [3.05, 3.63) is 90.5 Å². The highest BCUT2D eigenvalue weighted by atomic mass is 32.2. The fourth-order valence-electron chi connectivity index (χ4n) is 4.31. The Morgan fingerprint density at radius 1 is 0.974 bits per heavy atom. The Balaban J connectivity index is 1.28. The van der Waals surface area contributed by atoms with Gasteiger partial charge >= 0.3 is 0 Å². The zero-order valence-electron chi connectivity index (χ0n) is 21.1. The standard InChI is InChI=1S/C29H28N2O6S/c1-20-7-14-27-26(17-20)31(38(33,34)25-12-10-23(35-2)11-13-25)19-28(37-27)29(32)30-15-16-36-24-9-8-21-5-3-4-6-22(21)18-24/h3-14,17-18,28H,15-16,19H2,1-2H3,(H,30,32)/t28-/m1/s1. The molecule has 4 aromatic carbocycles. The Labute approximate surface area is 221 Å². The Bertz CT molecular complexity index is 1570. The van der Waals surface area contributed by atoms with Gasteiger partial charge in [0.15, 0.2) is 6.10 Å². The maximum absolute atomic E-state index is 13.6. The van der Waals surface area contributed by atoms with Crippen LogP contribution in [-0.2, 0) is 14.8 Å². The summed E-state index contributed by atoms with van der Waals surface area (Å²) in [5, 5.41) is 4.99. The van der Waals surface area contributed by atoms with Gasteiger partial charge < -0.3 is 19.5 Å². The summed E-state index contributed by atoms with van der Waals surface area (Å²) in [5.41, 5.74) is 1.26. The Morgan fingerprint density at radius 3 is 2.47 bits per heavy atom. The summed E-state index contributed by atoms with van der Waals surface area (Å²) >= 11 is 0. The van der Waals surface area contributed by atoms with E-state index in [4.69, 9.17) is 14.2 Å². The molecule has 1 atom stereocenters. The zero-order valence-corrected chi connectivity index (χ0v) is 21.9. The average Bonchev–Trinajstić information content (AvgIpc) is 2.94. The van der Waals surface area contributed by atoms with Crippen molar-refractivity contribution in [2.24, 2.45) is 0 Å². The van der Waals surface area contributed by atoms with Gasteiger partial charge in [-0.3, -0.25) is 9.10 Å². The Hall–Kier alpha value is -4.24. The van der Waals surface area contributed by atoms with Crippen LogP contribution in [0, 0.1) is 6.92 Å². The summed E-state index contributed by atoms with van der Waals surface area (Å²) in [6, 6.07) is 25.2. The third-order valence-corrected chi connectivity index (χ3v) is 8.11. The predicted molar refractivity (Wildman–Crippen MR) is 146 cm³/mol. The Morgan fingerprint density at radius 2 is 1.71 bits per heavy atom. The first kappa shape index (κ1) is 25.4. The van der Waals surface area contributed by atoms with E-state index in [2.05, 4.69) is 5.32 Å². The van der Waals surface area contributed by atoms with Gasteiger partial charge in [0.1, 0.15) is 23.9 Å². The van der Waals surface area contributed by atoms with Crippen molar-refractivity contribution >= 4 is 32.4 Å². The number of carbonyl (C=O) groups is 1. The molecule has 0 saturated carbocycles. The van der Waals surface area contributed by atoms with Gasteiger partial charge in [-0.1, -0.05) is 36.4 Å². The first-order chi connectivity index (χ1) is 18.3. The third kappa shape index (κ3) is 5.24. The minimum atomic E-state index is -3.97. The van der Waals surface area contributed by atoms with Crippen LogP contribution in [0.2, 0.25) is 0 Å². The Kier molecular flexibility index (Phi) is 7.11. The van der Waals surface area contributed by atoms with E-state index in [-0.39, 0.29) is 24.6 Å². The van der Waals surface area contributed by atoms with Crippen LogP contribution < -0.4 is 23.8 Å². The number of fused-ring (bicyclic) bond motifs is 2. The summed E-state index contributed by atoms with van der Waals surface area (Å²) in [6.45, 7) is 2.19. The second kappa shape index (κ2) is 10.6. The summed E-state index contributed by atoms with van der Waals surface area (Å²) < 4.78 is 45.3. The number of aryl methyl sites for hydroxylation is 1. The second-order valence-corrected chi connectivity index (χ2v) is 10.8. The summed E-state index contributed by atoms with van der Waals surface area (Å²) in [6.07, 6.45) is -1.03. The molecule has 38 heavy (non-hydrogen) atoms. The number of nitrogens with one attached hydrogen (secondary N) is 1. The first-order valence-corrected chi connectivity index (χ1v) is 13.6. The van der Waals surface area contributed by atoms with Crippen LogP contribution in [0.15, 0.2) is 89.8 Å². The molecule has 0 spiro atoms. The number of carbonyl (C=O) groups excluding carboxylic acids is 1. The van der Waals surface area contributed by atoms with Gasteiger partial charge in [-0.2, -0.15) is 0 Å². The molecule has 8 nitrogen and oxygen atoms in total. The van der Waals surface area contributed by atoms with Crippen molar-refractivity contribution in [1.82, 2.24) is 5.32 Å². The summed E-state index contributed by atoms with van der Waals surface area (Å²) in [5.74, 6) is 1.15. The fourth-order valence-corrected chi connectivity index (χ4v) is 5.78. The number of hydrogen-bond donors (Lipinski definition) is 1. The molecule has 0 bridgehead atoms. The molecule has 0 radical (unpaired) electrons. The van der Waals surface area contributed by atoms with Crippen LogP contribution in [0.5, 0.6) is 17.2 Å². The SMILES string of the molecule is COc1ccc(S(=O)(=O)N2C[C@H](C(=O)NCCOc3ccc4ccccc4c3)Oc3ccc(C)cc32)cc1. The minimum Gasteiger partial charge on any atom is -0.497 e. The van der Waals surface area contributed by atoms with E-state index in [0.29, 0.717) is 22.9 Å². The highest BCUT2D eigenvalue weighted by Gasteiger charge is 2.37. The molecule has 0 aliphatic carbocycles. The van der Waals surface area contributed by atoms with Gasteiger partial charge in [-0.15, -0.1) is 0 Å². The third-order valence-electron chi connectivity index (χ3n) is 6.31. The number of ether oxygens (including phenoxy) is 3. The van der Waals surface area contributed by atoms with Crippen LogP contribution in [0.3, 0.4) is 0 Å². The van der Waals surface area contributed by atoms with E-state index in [0.717, 1.165) is 16.3 Å². The monoisotopic (exact) mass is 532 g/mol. The van der Waals surface area contributed by atoms with Crippen LogP contribution in [0.25, 0.3) is 10.8 Å². The minimum absolute atomic E-state index is 0.0931. The van der Waals surface area contributed by atoms with Crippen LogP contribution >= 0.6 is 0 Å². The quantitative estimate of drug-likeness (QED) is 0.340. The van der Waals surface area contributed by atoms with Gasteiger partial charge in [0.25, 0.3) is 15.9 Å². The van der Waals surface area contributed by atoms with Crippen molar-refractivity contribution in [1.29, 1.82) is 0 Å². The van der Waals surface area contributed by atoms with Gasteiger partial charge in [-0.25, -0.2) is 8.42 Å². The first-order valence-electron chi connectivity index (χ1n) is 12.2. The van der Waals surface area contributed by atoms with E-state index in [1.54, 1.807) is 24.3 Å². The van der Waals surface area contributed by atoms with Crippen molar-refractivity contribution in [2.45, 2.75) is 17.9 Å². The number of sulfonamides is 1. The van der Waals surface area contributed by atoms with Crippen molar-refractivity contribution in [2.75, 3.05) is 31.1 Å². The number of amides is 1. The van der Waals surface area contributed by atoms with Crippen molar-refractivity contribution in [3.8, 4) is 17.2 Å². The molecule has 1 aliphatic heterocycles. The van der Waals surface area contributed by atoms with E-state index in [9.17, 15) is 13.2 Å². The lowest BCUT2D eigenvalue weighted by atomic mass is 10.1. The maximum atomic E-state index is 13.6. The highest BCUT2D eigenvalue weighted by molar-refractivity contribution is 7.92. The normalized spacial score (nSPS) is 14.9. The average molecular weight is 533 g/mol. The van der Waals surface area contributed by atoms with Gasteiger partial charge in [-0.05, 0) is 71.8 Å². The molecule has 1 heterocycles. The number of nitrogens with zero attached hydrogens (tertiary/aromatic N) is 1. The predicted octanol–water partition coefficient (Wildman–Crippen LogP) is 4.31. The molecule has 1 N–H and O–H groups in total. The molecular formula is C29H28N2O6S. The molecule has 4 aromatic rings. The van der Waals surface area contributed by atoms with Crippen molar-refractivity contribution in [3.63, 3.8) is 0 Å². The smallest absolute Gasteiger partial charge is 0.264 e. The van der Waals surface area contributed by atoms with E-state index in [1.165, 1.54) is 23.5 Å². The highest BCUT2D eigenvalue weighted by Crippen LogP contribution is 2.38. The van der Waals surface area contributed by atoms with Gasteiger partial charge in [0.2, 0.25) is 0 Å². The summed E-state index contributed by atoms with van der Waals surface area (Å²) in [4.78, 5) is 13.1. The molecule has 1 aliphatic rings. The fraction of sp³-hybridized carbons (Fsp3) is 0.207. The van der Waals surface area contributed by atoms with E-state index < -0.39 is 22.0 Å². The maximum Gasteiger partial charge on any atom is 0.264 e. The number of rotatable bonds is 8. The number of methoxy groups -OCH3 is 1. The van der Waals surface area contributed by atoms with Crippen LogP contribution in [0.1, 0.15) is 5.56 Å². The topological polar surface area (TPSA) is 94.2 Å². The van der Waals surface area contributed by atoms with Crippen molar-refractivity contribution < 1.29 is 27.4 Å². The molecule has 196 valence electrons. The van der Waals surface area contributed by atoms with E-state index >= 15 is 0 Å². The molecule has 5 rings (SSSR count). The van der Waals surface area contributed by atoms with Crippen LogP contribution in [0.4, 0.5) is 5.69 Å². The molecule has 0 unspecified atom stereocenters. The summed E-state index contributed by atoms with van der Waals surface area (Å²) in [7, 11) is -2.46. The lowest BCUT2D eigenvalue weighted by Gasteiger charge is -2.35. The molecule has 0 aromatic heterocycles. The number of hydrogen-bond acceptors (Lipinski definition) is 6. The number of benzene rings is 4. The van der Waals surface area contributed by atoms with E-state index in [1.807, 2.05) is 55.5 Å². The molecule has 9 heteroatoms. The lowest BCUT2D eigenvalue weighted by molar-refractivity contribution is -0.127. The molecule has 0 fully saturated rings. The number of anilines is 1. The van der Waals surface area contributed by atoms with Gasteiger partial charge in [0.05, 0.1) is 30.8 Å². The lowest BCUT2D eigenvalue weighted by Crippen LogP contribution is -2.51. The molecule has 1 amide bonds. The zero-order chi connectivity index (χ0) is 26.7. The second-order valence-electron chi connectivity index (χ2n) is 8.94. The van der Waals surface area contributed by atoms with Crippen LogP contribution in [-0.4, -0.2) is 47.2 Å².